The van der Waals surface area contributed by atoms with Crippen LogP contribution in [0, 0.1) is 10.1 Å². The van der Waals surface area contributed by atoms with Gasteiger partial charge in [0.05, 0.1) is 4.92 Å². The molecule has 0 amide bonds. The van der Waals surface area contributed by atoms with E-state index in [2.05, 4.69) is 26.2 Å². The van der Waals surface area contributed by atoms with E-state index in [4.69, 9.17) is 0 Å². The molecule has 0 radical (unpaired) electrons. The molecule has 1 heterocycles. The van der Waals surface area contributed by atoms with Crippen LogP contribution in [0.25, 0.3) is 0 Å². The van der Waals surface area contributed by atoms with Crippen molar-refractivity contribution in [3.63, 3.8) is 0 Å². The number of nitro groups is 1. The van der Waals surface area contributed by atoms with Gasteiger partial charge in [-0.25, -0.2) is 0 Å². The molecule has 0 saturated heterocycles. The van der Waals surface area contributed by atoms with Crippen molar-refractivity contribution in [2.75, 3.05) is 14.1 Å². The van der Waals surface area contributed by atoms with E-state index in [1.54, 1.807) is 31.4 Å². The third-order valence-electron chi connectivity index (χ3n) is 2.08. The zero-order chi connectivity index (χ0) is 12.8. The van der Waals surface area contributed by atoms with Crippen molar-refractivity contribution in [1.82, 2.24) is 15.2 Å². The summed E-state index contributed by atoms with van der Waals surface area (Å²) in [5.41, 5.74) is 0.964. The molecule has 0 fully saturated rings. The number of rotatable bonds is 5. The summed E-state index contributed by atoms with van der Waals surface area (Å²) in [4.78, 5) is 15.7. The minimum Gasteiger partial charge on any atom is -0.370 e. The van der Waals surface area contributed by atoms with Gasteiger partial charge in [-0.2, -0.15) is 0 Å². The van der Waals surface area contributed by atoms with Crippen molar-refractivity contribution in [3.8, 4) is 0 Å². The van der Waals surface area contributed by atoms with Gasteiger partial charge in [0, 0.05) is 37.5 Å². The van der Waals surface area contributed by atoms with Crippen molar-refractivity contribution >= 4 is 15.9 Å². The summed E-state index contributed by atoms with van der Waals surface area (Å²) < 4.78 is 0.882. The Balaban J connectivity index is 2.77. The first-order chi connectivity index (χ1) is 8.02. The lowest BCUT2D eigenvalue weighted by Gasteiger charge is -2.20. The van der Waals surface area contributed by atoms with Crippen molar-refractivity contribution in [2.24, 2.45) is 0 Å². The second kappa shape index (κ2) is 6.19. The second-order valence-electron chi connectivity index (χ2n) is 3.42. The summed E-state index contributed by atoms with van der Waals surface area (Å²) in [6.45, 7) is 0.535. The molecule has 0 atom stereocenters. The lowest BCUT2D eigenvalue weighted by Crippen LogP contribution is -2.26. The fourth-order valence-electron chi connectivity index (χ4n) is 1.36. The van der Waals surface area contributed by atoms with Gasteiger partial charge >= 0.3 is 0 Å². The minimum absolute atomic E-state index is 0.440. The van der Waals surface area contributed by atoms with E-state index in [0.717, 1.165) is 16.2 Å². The predicted molar refractivity (Wildman–Crippen MR) is 67.5 cm³/mol. The van der Waals surface area contributed by atoms with Crippen LogP contribution in [-0.2, 0) is 6.54 Å². The normalized spacial score (nSPS) is 11.1. The summed E-state index contributed by atoms with van der Waals surface area (Å²) >= 11 is 3.33. The number of nitrogens with one attached hydrogen (secondary N) is 1. The maximum atomic E-state index is 10.4. The zero-order valence-electron chi connectivity index (χ0n) is 9.55. The monoisotopic (exact) mass is 300 g/mol. The highest BCUT2D eigenvalue weighted by Gasteiger charge is 2.08. The first-order valence-corrected chi connectivity index (χ1v) is 5.66. The standard InChI is InChI=1S/C10H13BrN4O2/c1-12-10(7-15(16)17)14(2)6-8-3-9(11)5-13-4-8/h3-5,7,12H,6H2,1-2H3/b10-7-. The molecule has 0 aromatic carbocycles. The van der Waals surface area contributed by atoms with Gasteiger partial charge < -0.3 is 10.2 Å². The highest BCUT2D eigenvalue weighted by molar-refractivity contribution is 9.10. The summed E-state index contributed by atoms with van der Waals surface area (Å²) in [5.74, 6) is 0.440. The van der Waals surface area contributed by atoms with E-state index in [1.165, 1.54) is 0 Å². The fraction of sp³-hybridized carbons (Fsp3) is 0.300. The smallest absolute Gasteiger partial charge is 0.274 e. The Bertz CT molecular complexity index is 436. The van der Waals surface area contributed by atoms with E-state index in [1.807, 2.05) is 6.07 Å². The number of pyridine rings is 1. The molecule has 92 valence electrons. The lowest BCUT2D eigenvalue weighted by molar-refractivity contribution is -0.404. The van der Waals surface area contributed by atoms with Crippen molar-refractivity contribution in [3.05, 3.63) is 50.6 Å². The molecule has 1 aromatic rings. The van der Waals surface area contributed by atoms with Gasteiger partial charge in [-0.3, -0.25) is 15.1 Å². The summed E-state index contributed by atoms with van der Waals surface area (Å²) in [6.07, 6.45) is 4.35. The van der Waals surface area contributed by atoms with Crippen LogP contribution in [0.1, 0.15) is 5.56 Å². The van der Waals surface area contributed by atoms with Gasteiger partial charge in [-0.1, -0.05) is 0 Å². The third-order valence-corrected chi connectivity index (χ3v) is 2.51. The number of nitrogens with zero attached hydrogens (tertiary/aromatic N) is 3. The average Bonchev–Trinajstić information content (AvgIpc) is 2.25. The number of hydrogen-bond donors (Lipinski definition) is 1. The maximum Gasteiger partial charge on any atom is 0.274 e. The zero-order valence-corrected chi connectivity index (χ0v) is 11.1. The van der Waals surface area contributed by atoms with Crippen LogP contribution in [0.15, 0.2) is 35.0 Å². The highest BCUT2D eigenvalue weighted by atomic mass is 79.9. The number of hydrogen-bond acceptors (Lipinski definition) is 5. The van der Waals surface area contributed by atoms with Crippen LogP contribution in [0.4, 0.5) is 0 Å². The number of halogens is 1. The molecule has 1 rings (SSSR count). The quantitative estimate of drug-likeness (QED) is 0.660. The molecule has 6 nitrogen and oxygen atoms in total. The maximum absolute atomic E-state index is 10.4. The van der Waals surface area contributed by atoms with E-state index < -0.39 is 4.92 Å². The Morgan fingerprint density at radius 2 is 2.41 bits per heavy atom. The Kier molecular flexibility index (Phi) is 4.89. The topological polar surface area (TPSA) is 71.3 Å². The van der Waals surface area contributed by atoms with E-state index in [0.29, 0.717) is 12.4 Å². The fourth-order valence-corrected chi connectivity index (χ4v) is 1.77. The first kappa shape index (κ1) is 13.4. The largest absolute Gasteiger partial charge is 0.370 e. The van der Waals surface area contributed by atoms with Gasteiger partial charge in [0.25, 0.3) is 6.20 Å². The Hall–Kier alpha value is -1.63. The van der Waals surface area contributed by atoms with Gasteiger partial charge in [-0.05, 0) is 27.6 Å². The van der Waals surface area contributed by atoms with Crippen molar-refractivity contribution < 1.29 is 4.92 Å². The molecule has 0 spiro atoms. The Morgan fingerprint density at radius 1 is 1.71 bits per heavy atom. The minimum atomic E-state index is -0.485. The molecule has 0 saturated carbocycles. The number of aromatic nitrogens is 1. The van der Waals surface area contributed by atoms with Gasteiger partial charge in [-0.15, -0.1) is 0 Å². The SMILES string of the molecule is CN/C(=C/[N+](=O)[O-])N(C)Cc1cncc(Br)c1. The molecule has 1 N–H and O–H groups in total. The van der Waals surface area contributed by atoms with Gasteiger partial charge in [0.1, 0.15) is 0 Å². The van der Waals surface area contributed by atoms with E-state index >= 15 is 0 Å². The van der Waals surface area contributed by atoms with Crippen LogP contribution in [0.3, 0.4) is 0 Å². The van der Waals surface area contributed by atoms with E-state index in [-0.39, 0.29) is 0 Å². The first-order valence-electron chi connectivity index (χ1n) is 4.86. The molecular formula is C10H13BrN4O2. The van der Waals surface area contributed by atoms with Crippen LogP contribution < -0.4 is 5.32 Å². The molecule has 0 unspecified atom stereocenters. The van der Waals surface area contributed by atoms with Crippen LogP contribution in [0.5, 0.6) is 0 Å². The van der Waals surface area contributed by atoms with Gasteiger partial charge in [0.2, 0.25) is 0 Å². The predicted octanol–water partition coefficient (Wildman–Crippen LogP) is 1.57. The molecule has 0 bridgehead atoms. The molecule has 7 heteroatoms. The molecule has 17 heavy (non-hydrogen) atoms. The average molecular weight is 301 g/mol. The highest BCUT2D eigenvalue weighted by Crippen LogP contribution is 2.12. The molecular weight excluding hydrogens is 288 g/mol. The van der Waals surface area contributed by atoms with Crippen LogP contribution in [-0.4, -0.2) is 28.9 Å². The van der Waals surface area contributed by atoms with Crippen LogP contribution >= 0.6 is 15.9 Å². The third kappa shape index (κ3) is 4.39. The summed E-state index contributed by atoms with van der Waals surface area (Å²) in [5, 5.41) is 13.2. The van der Waals surface area contributed by atoms with E-state index in [9.17, 15) is 10.1 Å². The molecule has 0 aliphatic heterocycles. The second-order valence-corrected chi connectivity index (χ2v) is 4.33. The molecule has 1 aromatic heterocycles. The van der Waals surface area contributed by atoms with Gasteiger partial charge in [0.15, 0.2) is 5.82 Å². The van der Waals surface area contributed by atoms with Crippen LogP contribution in [0.2, 0.25) is 0 Å². The summed E-state index contributed by atoms with van der Waals surface area (Å²) in [7, 11) is 3.41. The summed E-state index contributed by atoms with van der Waals surface area (Å²) in [6, 6.07) is 1.92. The lowest BCUT2D eigenvalue weighted by atomic mass is 10.3. The van der Waals surface area contributed by atoms with Crippen molar-refractivity contribution in [2.45, 2.75) is 6.54 Å². The molecule has 0 aliphatic carbocycles. The Labute approximate surface area is 108 Å². The van der Waals surface area contributed by atoms with Crippen molar-refractivity contribution in [1.29, 1.82) is 0 Å². The Morgan fingerprint density at radius 3 is 2.94 bits per heavy atom. The molecule has 0 aliphatic rings.